The molecule has 1 aliphatic rings. The van der Waals surface area contributed by atoms with Crippen molar-refractivity contribution in [3.8, 4) is 11.4 Å². The Kier molecular flexibility index (Phi) is 6.47. The van der Waals surface area contributed by atoms with E-state index in [9.17, 15) is 13.2 Å². The fourth-order valence-electron chi connectivity index (χ4n) is 3.62. The molecule has 32 heavy (non-hydrogen) atoms. The molecule has 0 unspecified atom stereocenters. The van der Waals surface area contributed by atoms with Crippen molar-refractivity contribution in [1.82, 2.24) is 24.5 Å². The second-order valence-electron chi connectivity index (χ2n) is 7.44. The van der Waals surface area contributed by atoms with Gasteiger partial charge in [-0.25, -0.2) is 13.1 Å². The Morgan fingerprint density at radius 3 is 2.38 bits per heavy atom. The molecule has 168 valence electrons. The maximum absolute atomic E-state index is 13.3. The van der Waals surface area contributed by atoms with Gasteiger partial charge in [0, 0.05) is 24.3 Å². The SMILES string of the molecule is COc1ccc(C(=O)Nc2ccc(-n3cnnn3)cc2)cc1S(=O)(=O)N1CCCCCC1. The number of hydrogen-bond donors (Lipinski definition) is 1. The summed E-state index contributed by atoms with van der Waals surface area (Å²) in [7, 11) is -2.36. The number of nitrogens with one attached hydrogen (secondary N) is 1. The predicted molar refractivity (Wildman–Crippen MR) is 117 cm³/mol. The van der Waals surface area contributed by atoms with Gasteiger partial charge in [-0.1, -0.05) is 12.8 Å². The third-order valence-electron chi connectivity index (χ3n) is 5.35. The Balaban J connectivity index is 1.56. The van der Waals surface area contributed by atoms with Crippen LogP contribution in [0, 0.1) is 0 Å². The molecule has 1 fully saturated rings. The topological polar surface area (TPSA) is 119 Å². The zero-order valence-electron chi connectivity index (χ0n) is 17.6. The molecule has 1 N–H and O–H groups in total. The molecule has 2 heterocycles. The number of amides is 1. The van der Waals surface area contributed by atoms with Crippen molar-refractivity contribution in [1.29, 1.82) is 0 Å². The molecule has 4 rings (SSSR count). The number of nitrogens with zero attached hydrogens (tertiary/aromatic N) is 5. The Labute approximate surface area is 186 Å². The van der Waals surface area contributed by atoms with Crippen LogP contribution in [0.5, 0.6) is 5.75 Å². The zero-order valence-corrected chi connectivity index (χ0v) is 18.5. The molecular weight excluding hydrogens is 432 g/mol. The van der Waals surface area contributed by atoms with Gasteiger partial charge in [0.25, 0.3) is 5.91 Å². The average Bonchev–Trinajstić information content (AvgIpc) is 3.20. The highest BCUT2D eigenvalue weighted by molar-refractivity contribution is 7.89. The number of carbonyl (C=O) groups excluding carboxylic acids is 1. The molecule has 10 nitrogen and oxygen atoms in total. The number of tetrazole rings is 1. The molecular formula is C21H24N6O4S. The van der Waals surface area contributed by atoms with Gasteiger partial charge in [0.15, 0.2) is 0 Å². The fourth-order valence-corrected chi connectivity index (χ4v) is 5.32. The van der Waals surface area contributed by atoms with Crippen molar-refractivity contribution >= 4 is 21.6 Å². The normalized spacial score (nSPS) is 15.2. The quantitative estimate of drug-likeness (QED) is 0.605. The van der Waals surface area contributed by atoms with E-state index in [0.29, 0.717) is 18.8 Å². The zero-order chi connectivity index (χ0) is 22.6. The number of carbonyl (C=O) groups is 1. The maximum Gasteiger partial charge on any atom is 0.255 e. The summed E-state index contributed by atoms with van der Waals surface area (Å²) in [5.74, 6) is -0.202. The van der Waals surface area contributed by atoms with E-state index in [0.717, 1.165) is 31.4 Å². The van der Waals surface area contributed by atoms with Gasteiger partial charge in [-0.2, -0.15) is 4.31 Å². The van der Waals surface area contributed by atoms with Crippen LogP contribution in [0.4, 0.5) is 5.69 Å². The molecule has 0 spiro atoms. The summed E-state index contributed by atoms with van der Waals surface area (Å²) in [4.78, 5) is 12.8. The van der Waals surface area contributed by atoms with Gasteiger partial charge in [-0.05, 0) is 65.7 Å². The minimum Gasteiger partial charge on any atom is -0.495 e. The Hall–Kier alpha value is -3.31. The van der Waals surface area contributed by atoms with Crippen molar-refractivity contribution in [3.05, 3.63) is 54.4 Å². The van der Waals surface area contributed by atoms with Crippen molar-refractivity contribution in [2.75, 3.05) is 25.5 Å². The van der Waals surface area contributed by atoms with Gasteiger partial charge in [-0.3, -0.25) is 4.79 Å². The summed E-state index contributed by atoms with van der Waals surface area (Å²) in [6.45, 7) is 0.936. The highest BCUT2D eigenvalue weighted by Crippen LogP contribution is 2.29. The van der Waals surface area contributed by atoms with Gasteiger partial charge in [0.1, 0.15) is 17.0 Å². The number of anilines is 1. The van der Waals surface area contributed by atoms with Crippen LogP contribution in [0.2, 0.25) is 0 Å². The first-order chi connectivity index (χ1) is 15.5. The van der Waals surface area contributed by atoms with E-state index in [1.165, 1.54) is 34.6 Å². The molecule has 1 aliphatic heterocycles. The maximum atomic E-state index is 13.3. The molecule has 2 aromatic carbocycles. The van der Waals surface area contributed by atoms with Crippen molar-refractivity contribution in [2.45, 2.75) is 30.6 Å². The second kappa shape index (κ2) is 9.45. The summed E-state index contributed by atoms with van der Waals surface area (Å²) < 4.78 is 34.9. The number of ether oxygens (including phenoxy) is 1. The fraction of sp³-hybridized carbons (Fsp3) is 0.333. The first kappa shape index (κ1) is 21.9. The minimum atomic E-state index is -3.78. The highest BCUT2D eigenvalue weighted by Gasteiger charge is 2.29. The summed E-state index contributed by atoms with van der Waals surface area (Å²) in [6, 6.07) is 11.4. The van der Waals surface area contributed by atoms with Crippen LogP contribution in [-0.2, 0) is 10.0 Å². The van der Waals surface area contributed by atoms with Crippen LogP contribution in [0.25, 0.3) is 5.69 Å². The number of aromatic nitrogens is 4. The van der Waals surface area contributed by atoms with E-state index in [1.54, 1.807) is 30.3 Å². The third-order valence-corrected chi connectivity index (χ3v) is 7.27. The first-order valence-electron chi connectivity index (χ1n) is 10.3. The molecule has 11 heteroatoms. The number of rotatable bonds is 6. The number of sulfonamides is 1. The summed E-state index contributed by atoms with van der Waals surface area (Å²) in [5, 5.41) is 13.8. The largest absolute Gasteiger partial charge is 0.495 e. The van der Waals surface area contributed by atoms with Crippen LogP contribution < -0.4 is 10.1 Å². The van der Waals surface area contributed by atoms with Crippen molar-refractivity contribution in [3.63, 3.8) is 0 Å². The lowest BCUT2D eigenvalue weighted by molar-refractivity contribution is 0.102. The molecule has 0 saturated carbocycles. The van der Waals surface area contributed by atoms with Gasteiger partial charge in [-0.15, -0.1) is 5.10 Å². The molecule has 0 radical (unpaired) electrons. The average molecular weight is 457 g/mol. The molecule has 1 aromatic heterocycles. The minimum absolute atomic E-state index is 0.00331. The van der Waals surface area contributed by atoms with E-state index in [1.807, 2.05) is 0 Å². The van der Waals surface area contributed by atoms with E-state index in [4.69, 9.17) is 4.74 Å². The molecule has 0 bridgehead atoms. The predicted octanol–water partition coefficient (Wildman–Crippen LogP) is 2.49. The Morgan fingerprint density at radius 1 is 1.03 bits per heavy atom. The van der Waals surface area contributed by atoms with Crippen LogP contribution in [0.1, 0.15) is 36.0 Å². The number of methoxy groups -OCH3 is 1. The molecule has 1 saturated heterocycles. The number of benzene rings is 2. The van der Waals surface area contributed by atoms with Crippen molar-refractivity contribution < 1.29 is 17.9 Å². The second-order valence-corrected chi connectivity index (χ2v) is 9.35. The Morgan fingerprint density at radius 2 is 1.75 bits per heavy atom. The third kappa shape index (κ3) is 4.63. The first-order valence-corrected chi connectivity index (χ1v) is 11.8. The van der Waals surface area contributed by atoms with E-state index < -0.39 is 15.9 Å². The lowest BCUT2D eigenvalue weighted by atomic mass is 10.2. The highest BCUT2D eigenvalue weighted by atomic mass is 32.2. The Bertz CT molecular complexity index is 1170. The van der Waals surface area contributed by atoms with Crippen LogP contribution in [-0.4, -0.2) is 59.0 Å². The number of hydrogen-bond acceptors (Lipinski definition) is 7. The standard InChI is InChI=1S/C21H24N6O4S/c1-31-19-11-6-16(14-20(19)32(29,30)26-12-4-2-3-5-13-26)21(28)23-17-7-9-18(10-8-17)27-15-22-24-25-27/h6-11,14-15H,2-5,12-13H2,1H3,(H,23,28). The summed E-state index contributed by atoms with van der Waals surface area (Å²) in [6.07, 6.45) is 5.14. The van der Waals surface area contributed by atoms with E-state index in [2.05, 4.69) is 20.8 Å². The van der Waals surface area contributed by atoms with Gasteiger partial charge >= 0.3 is 0 Å². The van der Waals surface area contributed by atoms with Gasteiger partial charge in [0.05, 0.1) is 12.8 Å². The summed E-state index contributed by atoms with van der Waals surface area (Å²) in [5.41, 5.74) is 1.52. The summed E-state index contributed by atoms with van der Waals surface area (Å²) >= 11 is 0. The van der Waals surface area contributed by atoms with Crippen LogP contribution >= 0.6 is 0 Å². The van der Waals surface area contributed by atoms with E-state index >= 15 is 0 Å². The van der Waals surface area contributed by atoms with Gasteiger partial charge < -0.3 is 10.1 Å². The lowest BCUT2D eigenvalue weighted by Crippen LogP contribution is -2.32. The molecule has 3 aromatic rings. The molecule has 0 aliphatic carbocycles. The monoisotopic (exact) mass is 456 g/mol. The van der Waals surface area contributed by atoms with Crippen LogP contribution in [0.15, 0.2) is 53.7 Å². The van der Waals surface area contributed by atoms with Crippen LogP contribution in [0.3, 0.4) is 0 Å². The lowest BCUT2D eigenvalue weighted by Gasteiger charge is -2.21. The smallest absolute Gasteiger partial charge is 0.255 e. The van der Waals surface area contributed by atoms with Gasteiger partial charge in [0.2, 0.25) is 10.0 Å². The molecule has 0 atom stereocenters. The van der Waals surface area contributed by atoms with E-state index in [-0.39, 0.29) is 16.2 Å². The van der Waals surface area contributed by atoms with Crippen molar-refractivity contribution in [2.24, 2.45) is 0 Å². The molecule has 1 amide bonds.